The van der Waals surface area contributed by atoms with E-state index in [9.17, 15) is 4.79 Å². The van der Waals surface area contributed by atoms with Gasteiger partial charge in [0.1, 0.15) is 12.7 Å². The Bertz CT molecular complexity index is 587. The molecule has 6 heteroatoms. The molecule has 0 bridgehead atoms. The summed E-state index contributed by atoms with van der Waals surface area (Å²) in [4.78, 5) is 18.4. The van der Waals surface area contributed by atoms with Crippen LogP contribution in [-0.2, 0) is 20.9 Å². The fraction of sp³-hybridized carbons (Fsp3) is 0.667. The summed E-state index contributed by atoms with van der Waals surface area (Å²) in [6.45, 7) is 10.8. The monoisotopic (exact) mass is 378 g/mol. The summed E-state index contributed by atoms with van der Waals surface area (Å²) in [5, 5.41) is 4.81. The summed E-state index contributed by atoms with van der Waals surface area (Å²) in [7, 11) is 1.55. The number of alkyl carbamates (subject to hydrolysis) is 1. The van der Waals surface area contributed by atoms with Gasteiger partial charge in [-0.05, 0) is 59.4 Å². The standard InChI is InChI=1S/C21H34N2O4/c1-16(27-23-20(2,3)13-10-14-21(23,4)5)18(25-6)22-19(24)26-15-17-11-8-7-9-12-17/h7-9,11-12,16,18H,10,13-15H2,1-6H3,(H,22,24). The lowest BCUT2D eigenvalue weighted by Crippen LogP contribution is -2.60. The first-order chi connectivity index (χ1) is 12.7. The minimum Gasteiger partial charge on any atom is -0.445 e. The van der Waals surface area contributed by atoms with Crippen LogP contribution < -0.4 is 5.32 Å². The highest BCUT2D eigenvalue weighted by atomic mass is 16.7. The average molecular weight is 379 g/mol. The molecule has 1 fully saturated rings. The third-order valence-corrected chi connectivity index (χ3v) is 5.10. The van der Waals surface area contributed by atoms with Gasteiger partial charge in [-0.25, -0.2) is 4.79 Å². The molecule has 0 saturated carbocycles. The van der Waals surface area contributed by atoms with Crippen molar-refractivity contribution in [1.29, 1.82) is 0 Å². The number of piperidine rings is 1. The van der Waals surface area contributed by atoms with E-state index >= 15 is 0 Å². The van der Waals surface area contributed by atoms with Gasteiger partial charge in [0.25, 0.3) is 0 Å². The van der Waals surface area contributed by atoms with Crippen molar-refractivity contribution < 1.29 is 19.1 Å². The normalized spacial score (nSPS) is 21.3. The van der Waals surface area contributed by atoms with Gasteiger partial charge in [0, 0.05) is 18.2 Å². The number of methoxy groups -OCH3 is 1. The lowest BCUT2D eigenvalue weighted by atomic mass is 9.82. The molecule has 6 nitrogen and oxygen atoms in total. The Morgan fingerprint density at radius 1 is 1.15 bits per heavy atom. The quantitative estimate of drug-likeness (QED) is 0.719. The van der Waals surface area contributed by atoms with Crippen LogP contribution in [0.1, 0.15) is 59.4 Å². The van der Waals surface area contributed by atoms with Crippen LogP contribution in [0.25, 0.3) is 0 Å². The van der Waals surface area contributed by atoms with Crippen molar-refractivity contribution in [2.24, 2.45) is 0 Å². The molecule has 1 aromatic rings. The maximum absolute atomic E-state index is 12.2. The highest BCUT2D eigenvalue weighted by Gasteiger charge is 2.44. The molecule has 0 spiro atoms. The van der Waals surface area contributed by atoms with Gasteiger partial charge >= 0.3 is 6.09 Å². The first kappa shape index (κ1) is 21.7. The van der Waals surface area contributed by atoms with Gasteiger partial charge in [-0.1, -0.05) is 30.3 Å². The molecule has 152 valence electrons. The second-order valence-corrected chi connectivity index (χ2v) is 8.45. The fourth-order valence-electron chi connectivity index (χ4n) is 3.73. The van der Waals surface area contributed by atoms with Gasteiger partial charge in [0.05, 0.1) is 0 Å². The Morgan fingerprint density at radius 2 is 1.74 bits per heavy atom. The molecule has 2 atom stereocenters. The highest BCUT2D eigenvalue weighted by Crippen LogP contribution is 2.39. The number of amides is 1. The van der Waals surface area contributed by atoms with Crippen molar-refractivity contribution in [2.45, 2.75) is 83.9 Å². The van der Waals surface area contributed by atoms with Crippen LogP contribution in [0.5, 0.6) is 0 Å². The molecule has 1 aromatic carbocycles. The predicted molar refractivity (Wildman–Crippen MR) is 105 cm³/mol. The van der Waals surface area contributed by atoms with Gasteiger partial charge in [-0.3, -0.25) is 10.2 Å². The van der Waals surface area contributed by atoms with Crippen molar-refractivity contribution >= 4 is 6.09 Å². The smallest absolute Gasteiger partial charge is 0.409 e. The molecular formula is C21H34N2O4. The predicted octanol–water partition coefficient (Wildman–Crippen LogP) is 4.25. The Kier molecular flexibility index (Phi) is 7.25. The zero-order valence-corrected chi connectivity index (χ0v) is 17.5. The molecule has 1 N–H and O–H groups in total. The van der Waals surface area contributed by atoms with Crippen LogP contribution >= 0.6 is 0 Å². The topological polar surface area (TPSA) is 60.0 Å². The van der Waals surface area contributed by atoms with E-state index in [0.29, 0.717) is 0 Å². The zero-order chi connectivity index (χ0) is 20.1. The van der Waals surface area contributed by atoms with E-state index in [4.69, 9.17) is 14.3 Å². The number of ether oxygens (including phenoxy) is 2. The third-order valence-electron chi connectivity index (χ3n) is 5.10. The Balaban J connectivity index is 1.92. The summed E-state index contributed by atoms with van der Waals surface area (Å²) in [6.07, 6.45) is 1.79. The third kappa shape index (κ3) is 5.92. The number of nitrogens with zero attached hydrogens (tertiary/aromatic N) is 1. The summed E-state index contributed by atoms with van der Waals surface area (Å²) in [5.74, 6) is 0. The number of nitrogens with one attached hydrogen (secondary N) is 1. The van der Waals surface area contributed by atoms with Crippen LogP contribution in [0.3, 0.4) is 0 Å². The number of hydrogen-bond acceptors (Lipinski definition) is 5. The molecule has 1 aliphatic rings. The lowest BCUT2D eigenvalue weighted by molar-refractivity contribution is -0.315. The first-order valence-electron chi connectivity index (χ1n) is 9.63. The van der Waals surface area contributed by atoms with Crippen molar-refractivity contribution in [1.82, 2.24) is 10.4 Å². The molecule has 1 amide bonds. The maximum Gasteiger partial charge on any atom is 0.409 e. The van der Waals surface area contributed by atoms with E-state index in [1.807, 2.05) is 37.3 Å². The number of hydroxylamine groups is 2. The van der Waals surface area contributed by atoms with Crippen LogP contribution in [-0.4, -0.2) is 41.7 Å². The van der Waals surface area contributed by atoms with Crippen molar-refractivity contribution in [3.05, 3.63) is 35.9 Å². The SMILES string of the molecule is COC(NC(=O)OCc1ccccc1)C(C)ON1C(C)(C)CCCC1(C)C. The van der Waals surface area contributed by atoms with E-state index in [-0.39, 0.29) is 23.8 Å². The maximum atomic E-state index is 12.2. The molecule has 2 rings (SSSR count). The van der Waals surface area contributed by atoms with Crippen LogP contribution in [0, 0.1) is 0 Å². The van der Waals surface area contributed by atoms with Gasteiger partial charge in [-0.15, -0.1) is 0 Å². The Hall–Kier alpha value is -1.63. The first-order valence-corrected chi connectivity index (χ1v) is 9.63. The minimum atomic E-state index is -0.609. The molecule has 2 unspecified atom stereocenters. The number of carbonyl (C=O) groups excluding carboxylic acids is 1. The lowest BCUT2D eigenvalue weighted by Gasteiger charge is -2.52. The van der Waals surface area contributed by atoms with Crippen LogP contribution in [0.4, 0.5) is 4.79 Å². The van der Waals surface area contributed by atoms with Gasteiger partial charge in [0.15, 0.2) is 6.23 Å². The molecule has 1 aliphatic heterocycles. The van der Waals surface area contributed by atoms with Gasteiger partial charge in [-0.2, -0.15) is 5.06 Å². The van der Waals surface area contributed by atoms with E-state index in [0.717, 1.165) is 18.4 Å². The highest BCUT2D eigenvalue weighted by molar-refractivity contribution is 5.67. The molecule has 0 aliphatic carbocycles. The summed E-state index contributed by atoms with van der Waals surface area (Å²) in [5.41, 5.74) is 0.771. The minimum absolute atomic E-state index is 0.0812. The zero-order valence-electron chi connectivity index (χ0n) is 17.5. The molecule has 1 heterocycles. The van der Waals surface area contributed by atoms with Crippen molar-refractivity contribution in [2.75, 3.05) is 7.11 Å². The molecule has 0 radical (unpaired) electrons. The second-order valence-electron chi connectivity index (χ2n) is 8.45. The van der Waals surface area contributed by atoms with Gasteiger partial charge in [0.2, 0.25) is 0 Å². The number of benzene rings is 1. The molecular weight excluding hydrogens is 344 g/mol. The number of rotatable bonds is 7. The summed E-state index contributed by atoms with van der Waals surface area (Å²) >= 11 is 0. The second kappa shape index (κ2) is 9.04. The summed E-state index contributed by atoms with van der Waals surface area (Å²) in [6, 6.07) is 9.56. The van der Waals surface area contributed by atoms with E-state index in [2.05, 4.69) is 38.1 Å². The average Bonchev–Trinajstić information content (AvgIpc) is 2.61. The molecule has 1 saturated heterocycles. The van der Waals surface area contributed by atoms with Crippen molar-refractivity contribution in [3.8, 4) is 0 Å². The molecule has 0 aromatic heterocycles. The number of carbonyl (C=O) groups is 1. The van der Waals surface area contributed by atoms with Crippen molar-refractivity contribution in [3.63, 3.8) is 0 Å². The van der Waals surface area contributed by atoms with E-state index in [1.54, 1.807) is 7.11 Å². The Morgan fingerprint density at radius 3 is 2.30 bits per heavy atom. The van der Waals surface area contributed by atoms with Crippen LogP contribution in [0.15, 0.2) is 30.3 Å². The van der Waals surface area contributed by atoms with Gasteiger partial charge < -0.3 is 9.47 Å². The fourth-order valence-corrected chi connectivity index (χ4v) is 3.73. The van der Waals surface area contributed by atoms with E-state index < -0.39 is 12.3 Å². The van der Waals surface area contributed by atoms with Crippen LogP contribution in [0.2, 0.25) is 0 Å². The Labute approximate surface area is 163 Å². The number of hydrogen-bond donors (Lipinski definition) is 1. The summed E-state index contributed by atoms with van der Waals surface area (Å²) < 4.78 is 10.7. The largest absolute Gasteiger partial charge is 0.445 e. The molecule has 27 heavy (non-hydrogen) atoms. The van der Waals surface area contributed by atoms with E-state index in [1.165, 1.54) is 6.42 Å².